The number of carbonyl (C=O) groups is 3. The third-order valence-electron chi connectivity index (χ3n) is 10.0. The minimum Gasteiger partial charge on any atom is -0.477 e. The van der Waals surface area contributed by atoms with Crippen molar-refractivity contribution in [1.82, 2.24) is 0 Å². The molecule has 0 aliphatic rings. The second-order valence-corrected chi connectivity index (χ2v) is 16.0. The highest BCUT2D eigenvalue weighted by molar-refractivity contribution is 5.72. The SMILES string of the molecule is CCCCCCCCCCCCCCCCCCCCCCC(=O)OCC(COCCC(C(=O)O)[N+](C)(C)C)OC(=O)CCCCCCCCC. The molecule has 0 aromatic rings. The maximum absolute atomic E-state index is 12.6. The maximum atomic E-state index is 12.6. The van der Waals surface area contributed by atoms with Gasteiger partial charge in [-0.15, -0.1) is 0 Å². The van der Waals surface area contributed by atoms with E-state index in [0.29, 0.717) is 19.3 Å². The van der Waals surface area contributed by atoms with Crippen LogP contribution in [0.25, 0.3) is 0 Å². The summed E-state index contributed by atoms with van der Waals surface area (Å²) in [4.78, 5) is 36.7. The predicted octanol–water partition coefficient (Wildman–Crippen LogP) is 11.4. The lowest BCUT2D eigenvalue weighted by atomic mass is 10.0. The van der Waals surface area contributed by atoms with Crippen LogP contribution in [0.1, 0.15) is 206 Å². The summed E-state index contributed by atoms with van der Waals surface area (Å²) in [6.07, 6.45) is 34.5. The van der Waals surface area contributed by atoms with Crippen molar-refractivity contribution in [2.45, 2.75) is 219 Å². The molecule has 0 amide bonds. The predicted molar refractivity (Wildman–Crippen MR) is 211 cm³/mol. The van der Waals surface area contributed by atoms with Crippen LogP contribution < -0.4 is 0 Å². The van der Waals surface area contributed by atoms with E-state index in [1.165, 1.54) is 135 Å². The summed E-state index contributed by atoms with van der Waals surface area (Å²) in [5.41, 5.74) is 0. The van der Waals surface area contributed by atoms with Crippen LogP contribution >= 0.6 is 0 Å². The maximum Gasteiger partial charge on any atom is 0.362 e. The van der Waals surface area contributed by atoms with Crippen molar-refractivity contribution in [3.8, 4) is 0 Å². The summed E-state index contributed by atoms with van der Waals surface area (Å²) in [5, 5.41) is 9.58. The topological polar surface area (TPSA) is 99.1 Å². The molecule has 0 radical (unpaired) electrons. The fraction of sp³-hybridized carbons (Fsp3) is 0.930. The standard InChI is InChI=1S/C43H83NO7/c1-6-8-10-12-14-15-16-17-18-19-20-21-22-23-24-25-26-28-29-31-33-41(45)50-38-39(37-49-36-35-40(43(47)48)44(3,4)5)51-42(46)34-32-30-27-13-11-9-7-2/h39-40H,6-38H2,1-5H3/p+1. The number of ether oxygens (including phenoxy) is 3. The van der Waals surface area contributed by atoms with E-state index in [0.717, 1.165) is 38.5 Å². The van der Waals surface area contributed by atoms with Gasteiger partial charge in [-0.05, 0) is 12.8 Å². The molecule has 8 heteroatoms. The molecule has 0 aromatic heterocycles. The van der Waals surface area contributed by atoms with E-state index < -0.39 is 18.1 Å². The Kier molecular flexibility index (Phi) is 34.2. The molecular weight excluding hydrogens is 642 g/mol. The average Bonchev–Trinajstić information content (AvgIpc) is 3.08. The zero-order valence-corrected chi connectivity index (χ0v) is 34.3. The fourth-order valence-corrected chi connectivity index (χ4v) is 6.62. The van der Waals surface area contributed by atoms with Gasteiger partial charge in [0.05, 0.1) is 34.4 Å². The van der Waals surface area contributed by atoms with Crippen LogP contribution in [0, 0.1) is 0 Å². The fourth-order valence-electron chi connectivity index (χ4n) is 6.62. The Hall–Kier alpha value is -1.67. The molecule has 302 valence electrons. The normalized spacial score (nSPS) is 12.9. The molecule has 0 aromatic carbocycles. The molecule has 0 saturated heterocycles. The first-order chi connectivity index (χ1) is 24.6. The van der Waals surface area contributed by atoms with Gasteiger partial charge in [0.1, 0.15) is 6.61 Å². The van der Waals surface area contributed by atoms with Crippen LogP contribution in [0.3, 0.4) is 0 Å². The number of hydrogen-bond donors (Lipinski definition) is 1. The van der Waals surface area contributed by atoms with E-state index in [9.17, 15) is 19.5 Å². The van der Waals surface area contributed by atoms with E-state index in [4.69, 9.17) is 14.2 Å². The Morgan fingerprint density at radius 2 is 0.863 bits per heavy atom. The Bertz CT molecular complexity index is 813. The quantitative estimate of drug-likeness (QED) is 0.0382. The highest BCUT2D eigenvalue weighted by Crippen LogP contribution is 2.16. The zero-order valence-electron chi connectivity index (χ0n) is 34.3. The molecule has 0 saturated carbocycles. The second-order valence-electron chi connectivity index (χ2n) is 16.0. The van der Waals surface area contributed by atoms with E-state index in [-0.39, 0.29) is 36.2 Å². The Labute approximate surface area is 315 Å². The minimum absolute atomic E-state index is 0.0432. The number of likely N-dealkylation sites (N-methyl/N-ethyl adjacent to an activating group) is 1. The monoisotopic (exact) mass is 727 g/mol. The summed E-state index contributed by atoms with van der Waals surface area (Å²) in [7, 11) is 5.52. The molecule has 2 unspecified atom stereocenters. The van der Waals surface area contributed by atoms with Crippen molar-refractivity contribution in [1.29, 1.82) is 0 Å². The number of rotatable bonds is 39. The molecule has 0 bridgehead atoms. The lowest BCUT2D eigenvalue weighted by Gasteiger charge is -2.31. The van der Waals surface area contributed by atoms with Gasteiger partial charge in [0.2, 0.25) is 0 Å². The number of nitrogens with zero attached hydrogens (tertiary/aromatic N) is 1. The van der Waals surface area contributed by atoms with E-state index in [1.807, 2.05) is 21.1 Å². The van der Waals surface area contributed by atoms with E-state index in [1.54, 1.807) is 0 Å². The molecule has 8 nitrogen and oxygen atoms in total. The third kappa shape index (κ3) is 33.9. The summed E-state index contributed by atoms with van der Waals surface area (Å²) < 4.78 is 17.2. The molecule has 2 atom stereocenters. The first kappa shape index (κ1) is 49.3. The number of carboxylic acid groups (broad SMARTS) is 1. The minimum atomic E-state index is -0.872. The van der Waals surface area contributed by atoms with Crippen LogP contribution in [0.4, 0.5) is 0 Å². The van der Waals surface area contributed by atoms with Gasteiger partial charge in [0.15, 0.2) is 12.1 Å². The van der Waals surface area contributed by atoms with Crippen LogP contribution in [0.5, 0.6) is 0 Å². The highest BCUT2D eigenvalue weighted by atomic mass is 16.6. The smallest absolute Gasteiger partial charge is 0.362 e. The van der Waals surface area contributed by atoms with Crippen molar-refractivity contribution < 1.29 is 38.2 Å². The summed E-state index contributed by atoms with van der Waals surface area (Å²) in [6.45, 7) is 4.72. The third-order valence-corrected chi connectivity index (χ3v) is 10.0. The van der Waals surface area contributed by atoms with Gasteiger partial charge in [0, 0.05) is 19.3 Å². The van der Waals surface area contributed by atoms with Gasteiger partial charge in [-0.3, -0.25) is 9.59 Å². The number of carbonyl (C=O) groups excluding carboxylic acids is 2. The molecule has 1 N–H and O–H groups in total. The second kappa shape index (κ2) is 35.4. The first-order valence-corrected chi connectivity index (χ1v) is 21.6. The molecule has 0 aliphatic heterocycles. The Morgan fingerprint density at radius 1 is 0.510 bits per heavy atom. The molecule has 0 fully saturated rings. The lowest BCUT2D eigenvalue weighted by Crippen LogP contribution is -2.50. The van der Waals surface area contributed by atoms with Crippen LogP contribution in [-0.4, -0.2) is 80.6 Å². The van der Waals surface area contributed by atoms with Crippen molar-refractivity contribution in [2.24, 2.45) is 0 Å². The van der Waals surface area contributed by atoms with Gasteiger partial charge < -0.3 is 23.8 Å². The Morgan fingerprint density at radius 3 is 1.22 bits per heavy atom. The lowest BCUT2D eigenvalue weighted by molar-refractivity contribution is -0.887. The van der Waals surface area contributed by atoms with Crippen LogP contribution in [-0.2, 0) is 28.6 Å². The van der Waals surface area contributed by atoms with Crippen LogP contribution in [0.2, 0.25) is 0 Å². The van der Waals surface area contributed by atoms with Crippen molar-refractivity contribution in [3.05, 3.63) is 0 Å². The zero-order chi connectivity index (χ0) is 37.8. The number of esters is 2. The van der Waals surface area contributed by atoms with Crippen LogP contribution in [0.15, 0.2) is 0 Å². The molecular formula is C43H84NO7+. The van der Waals surface area contributed by atoms with Gasteiger partial charge in [-0.2, -0.15) is 0 Å². The van der Waals surface area contributed by atoms with Crippen molar-refractivity contribution in [3.63, 3.8) is 0 Å². The van der Waals surface area contributed by atoms with Gasteiger partial charge in [-0.25, -0.2) is 4.79 Å². The molecule has 0 heterocycles. The van der Waals surface area contributed by atoms with Gasteiger partial charge in [0.25, 0.3) is 0 Å². The number of carboxylic acids is 1. The van der Waals surface area contributed by atoms with E-state index >= 15 is 0 Å². The molecule has 51 heavy (non-hydrogen) atoms. The number of unbranched alkanes of at least 4 members (excludes halogenated alkanes) is 25. The molecule has 0 spiro atoms. The molecule has 0 aliphatic carbocycles. The van der Waals surface area contributed by atoms with Crippen molar-refractivity contribution in [2.75, 3.05) is 41.0 Å². The highest BCUT2D eigenvalue weighted by Gasteiger charge is 2.31. The Balaban J connectivity index is 4.11. The number of quaternary nitrogens is 1. The summed E-state index contributed by atoms with van der Waals surface area (Å²) in [5.74, 6) is -1.46. The van der Waals surface area contributed by atoms with Crippen molar-refractivity contribution >= 4 is 17.9 Å². The summed E-state index contributed by atoms with van der Waals surface area (Å²) in [6, 6.07) is -0.606. The van der Waals surface area contributed by atoms with E-state index in [2.05, 4.69) is 13.8 Å². The van der Waals surface area contributed by atoms with Gasteiger partial charge in [-0.1, -0.05) is 174 Å². The number of hydrogen-bond acceptors (Lipinski definition) is 6. The largest absolute Gasteiger partial charge is 0.477 e. The summed E-state index contributed by atoms with van der Waals surface area (Å²) >= 11 is 0. The molecule has 0 rings (SSSR count). The first-order valence-electron chi connectivity index (χ1n) is 21.6. The number of aliphatic carboxylic acids is 1. The van der Waals surface area contributed by atoms with Gasteiger partial charge >= 0.3 is 17.9 Å². The average molecular weight is 727 g/mol.